The second-order valence-electron chi connectivity index (χ2n) is 7.22. The zero-order valence-corrected chi connectivity index (χ0v) is 15.6. The third kappa shape index (κ3) is 7.13. The van der Waals surface area contributed by atoms with E-state index in [4.69, 9.17) is 4.74 Å². The first kappa shape index (κ1) is 20.2. The molecule has 2 atom stereocenters. The minimum atomic E-state index is -0.710. The summed E-state index contributed by atoms with van der Waals surface area (Å²) < 4.78 is 5.15. The van der Waals surface area contributed by atoms with Crippen molar-refractivity contribution in [2.24, 2.45) is 5.92 Å². The average molecular weight is 334 g/mol. The number of alkyl carbamates (subject to hydrolysis) is 1. The lowest BCUT2D eigenvalue weighted by molar-refractivity contribution is -0.124. The minimum Gasteiger partial charge on any atom is -0.444 e. The van der Waals surface area contributed by atoms with Gasteiger partial charge in [0.05, 0.1) is 6.04 Å². The number of carbonyl (C=O) groups excluding carboxylic acids is 2. The second kappa shape index (κ2) is 8.83. The lowest BCUT2D eigenvalue weighted by atomic mass is 9.98. The summed E-state index contributed by atoms with van der Waals surface area (Å²) in [6.45, 7) is 11.9. The Balaban J connectivity index is 2.68. The summed E-state index contributed by atoms with van der Waals surface area (Å²) in [4.78, 5) is 24.3. The van der Waals surface area contributed by atoms with Crippen LogP contribution in [0.4, 0.5) is 4.79 Å². The van der Waals surface area contributed by atoms with E-state index >= 15 is 0 Å². The molecule has 0 aliphatic heterocycles. The van der Waals surface area contributed by atoms with Crippen molar-refractivity contribution < 1.29 is 14.3 Å². The third-order valence-electron chi connectivity index (χ3n) is 3.77. The first-order chi connectivity index (χ1) is 11.1. The normalized spacial score (nSPS) is 13.9. The molecule has 1 rings (SSSR count). The van der Waals surface area contributed by atoms with Crippen molar-refractivity contribution in [1.29, 1.82) is 0 Å². The lowest BCUT2D eigenvalue weighted by Gasteiger charge is -2.25. The topological polar surface area (TPSA) is 67.4 Å². The molecule has 0 aliphatic carbocycles. The van der Waals surface area contributed by atoms with Crippen LogP contribution in [-0.2, 0) is 16.1 Å². The summed E-state index contributed by atoms with van der Waals surface area (Å²) in [5.74, 6) is -0.261. The molecule has 0 saturated heterocycles. The van der Waals surface area contributed by atoms with Crippen molar-refractivity contribution in [2.45, 2.75) is 66.2 Å². The van der Waals surface area contributed by atoms with Crippen LogP contribution in [0, 0.1) is 12.8 Å². The minimum absolute atomic E-state index is 0.0953. The maximum absolute atomic E-state index is 12.4. The van der Waals surface area contributed by atoms with E-state index in [0.717, 1.165) is 12.0 Å². The number of benzene rings is 1. The first-order valence-electron chi connectivity index (χ1n) is 8.45. The molecule has 2 amide bonds. The molecule has 0 fully saturated rings. The summed E-state index contributed by atoms with van der Waals surface area (Å²) in [5, 5.41) is 5.59. The number of carbonyl (C=O) groups is 2. The Bertz CT molecular complexity index is 547. The maximum Gasteiger partial charge on any atom is 0.414 e. The zero-order valence-electron chi connectivity index (χ0n) is 15.6. The van der Waals surface area contributed by atoms with Crippen LogP contribution >= 0.6 is 0 Å². The van der Waals surface area contributed by atoms with Crippen LogP contribution in [0.5, 0.6) is 0 Å². The summed E-state index contributed by atoms with van der Waals surface area (Å²) in [5.41, 5.74) is 1.66. The monoisotopic (exact) mass is 334 g/mol. The van der Waals surface area contributed by atoms with Crippen molar-refractivity contribution >= 4 is 12.0 Å². The number of hydrogen-bond acceptors (Lipinski definition) is 4. The first-order valence-corrected chi connectivity index (χ1v) is 8.45. The van der Waals surface area contributed by atoms with Gasteiger partial charge < -0.3 is 10.1 Å². The summed E-state index contributed by atoms with van der Waals surface area (Å²) in [6, 6.07) is 7.68. The molecule has 2 N–H and O–H groups in total. The number of rotatable bonds is 6. The van der Waals surface area contributed by atoms with E-state index in [1.807, 2.05) is 45.0 Å². The van der Waals surface area contributed by atoms with Gasteiger partial charge in [-0.15, -0.1) is 0 Å². The Labute approximate surface area is 145 Å². The van der Waals surface area contributed by atoms with Gasteiger partial charge in [0.15, 0.2) is 0 Å². The highest BCUT2D eigenvalue weighted by molar-refractivity contribution is 5.95. The van der Waals surface area contributed by atoms with Gasteiger partial charge in [-0.05, 0) is 39.2 Å². The summed E-state index contributed by atoms with van der Waals surface area (Å²) in [7, 11) is 0. The highest BCUT2D eigenvalue weighted by atomic mass is 16.6. The van der Waals surface area contributed by atoms with Crippen LogP contribution in [0.2, 0.25) is 0 Å². The van der Waals surface area contributed by atoms with Crippen LogP contribution in [-0.4, -0.2) is 23.6 Å². The van der Waals surface area contributed by atoms with Gasteiger partial charge in [-0.1, -0.05) is 50.1 Å². The number of aryl methyl sites for hydroxylation is 1. The van der Waals surface area contributed by atoms with E-state index in [0.29, 0.717) is 6.54 Å². The van der Waals surface area contributed by atoms with Gasteiger partial charge in [0.1, 0.15) is 5.60 Å². The Hall–Kier alpha value is -1.88. The maximum atomic E-state index is 12.4. The molecule has 0 aromatic heterocycles. The highest BCUT2D eigenvalue weighted by Crippen LogP contribution is 2.11. The highest BCUT2D eigenvalue weighted by Gasteiger charge is 2.27. The molecule has 24 heavy (non-hydrogen) atoms. The predicted octanol–water partition coefficient (Wildman–Crippen LogP) is 3.55. The molecule has 1 aromatic rings. The van der Waals surface area contributed by atoms with Gasteiger partial charge in [0, 0.05) is 6.54 Å². The van der Waals surface area contributed by atoms with Gasteiger partial charge in [-0.2, -0.15) is 0 Å². The largest absolute Gasteiger partial charge is 0.444 e. The van der Waals surface area contributed by atoms with Crippen LogP contribution in [0.1, 0.15) is 52.2 Å². The van der Waals surface area contributed by atoms with E-state index in [1.165, 1.54) is 5.56 Å². The Morgan fingerprint density at radius 1 is 1.17 bits per heavy atom. The Morgan fingerprint density at radius 2 is 1.75 bits per heavy atom. The molecule has 0 aliphatic rings. The fourth-order valence-electron chi connectivity index (χ4n) is 2.20. The van der Waals surface area contributed by atoms with Crippen molar-refractivity contribution in [3.05, 3.63) is 35.4 Å². The van der Waals surface area contributed by atoms with E-state index in [9.17, 15) is 9.59 Å². The molecule has 0 radical (unpaired) electrons. The fraction of sp³-hybridized carbons (Fsp3) is 0.579. The molecule has 0 saturated carbocycles. The summed E-state index contributed by atoms with van der Waals surface area (Å²) >= 11 is 0. The molecular weight excluding hydrogens is 304 g/mol. The Kier molecular flexibility index (Phi) is 7.42. The van der Waals surface area contributed by atoms with Gasteiger partial charge in [0.25, 0.3) is 0 Å². The molecule has 0 spiro atoms. The fourth-order valence-corrected chi connectivity index (χ4v) is 2.20. The summed E-state index contributed by atoms with van der Waals surface area (Å²) in [6.07, 6.45) is 0.116. The SMILES string of the molecule is CC[C@H](C)[C@H](NCc1ccc(C)cc1)C(=O)NC(=O)OC(C)(C)C. The third-order valence-corrected chi connectivity index (χ3v) is 3.77. The zero-order chi connectivity index (χ0) is 18.3. The van der Waals surface area contributed by atoms with Crippen LogP contribution < -0.4 is 10.6 Å². The van der Waals surface area contributed by atoms with Crippen molar-refractivity contribution in [3.8, 4) is 0 Å². The molecule has 0 bridgehead atoms. The van der Waals surface area contributed by atoms with Crippen LogP contribution in [0.25, 0.3) is 0 Å². The molecule has 0 heterocycles. The van der Waals surface area contributed by atoms with Crippen molar-refractivity contribution in [1.82, 2.24) is 10.6 Å². The van der Waals surface area contributed by atoms with Gasteiger partial charge >= 0.3 is 6.09 Å². The standard InChI is InChI=1S/C19H30N2O3/c1-7-14(3)16(17(22)21-18(23)24-19(4,5)6)20-12-15-10-8-13(2)9-11-15/h8-11,14,16,20H,7,12H2,1-6H3,(H,21,22,23)/t14-,16-/m0/s1. The van der Waals surface area contributed by atoms with Crippen LogP contribution in [0.3, 0.4) is 0 Å². The number of amides is 2. The van der Waals surface area contributed by atoms with E-state index in [2.05, 4.69) is 10.6 Å². The quantitative estimate of drug-likeness (QED) is 0.835. The molecular formula is C19H30N2O3. The molecule has 5 nitrogen and oxygen atoms in total. The molecule has 0 unspecified atom stereocenters. The van der Waals surface area contributed by atoms with Gasteiger partial charge in [-0.3, -0.25) is 10.1 Å². The van der Waals surface area contributed by atoms with Gasteiger partial charge in [-0.25, -0.2) is 4.79 Å². The number of nitrogens with one attached hydrogen (secondary N) is 2. The molecule has 5 heteroatoms. The van der Waals surface area contributed by atoms with Crippen LogP contribution in [0.15, 0.2) is 24.3 Å². The van der Waals surface area contributed by atoms with E-state index in [1.54, 1.807) is 20.8 Å². The number of ether oxygens (including phenoxy) is 1. The van der Waals surface area contributed by atoms with Crippen molar-refractivity contribution in [3.63, 3.8) is 0 Å². The molecule has 1 aromatic carbocycles. The predicted molar refractivity (Wildman–Crippen MR) is 95.6 cm³/mol. The Morgan fingerprint density at radius 3 is 2.25 bits per heavy atom. The van der Waals surface area contributed by atoms with E-state index < -0.39 is 17.7 Å². The smallest absolute Gasteiger partial charge is 0.414 e. The second-order valence-corrected chi connectivity index (χ2v) is 7.22. The number of imide groups is 1. The number of hydrogen-bond donors (Lipinski definition) is 2. The lowest BCUT2D eigenvalue weighted by Crippen LogP contribution is -2.50. The van der Waals surface area contributed by atoms with Gasteiger partial charge in [0.2, 0.25) is 5.91 Å². The average Bonchev–Trinajstić information content (AvgIpc) is 2.46. The van der Waals surface area contributed by atoms with Crippen molar-refractivity contribution in [2.75, 3.05) is 0 Å². The molecule has 134 valence electrons. The van der Waals surface area contributed by atoms with E-state index in [-0.39, 0.29) is 11.8 Å².